The molecule has 0 radical (unpaired) electrons. The van der Waals surface area contributed by atoms with Crippen LogP contribution in [0.5, 0.6) is 0 Å². The summed E-state index contributed by atoms with van der Waals surface area (Å²) in [4.78, 5) is 27.7. The summed E-state index contributed by atoms with van der Waals surface area (Å²) in [6.07, 6.45) is 1.47. The molecule has 0 bridgehead atoms. The number of amides is 2. The highest BCUT2D eigenvalue weighted by molar-refractivity contribution is 7.16. The van der Waals surface area contributed by atoms with Gasteiger partial charge in [-0.15, -0.1) is 11.3 Å². The second-order valence-corrected chi connectivity index (χ2v) is 7.27. The minimum absolute atomic E-state index is 0.0142. The molecule has 1 fully saturated rings. The number of rotatable bonds is 5. The summed E-state index contributed by atoms with van der Waals surface area (Å²) >= 11 is 7.40. The molecule has 4 nitrogen and oxygen atoms in total. The Kier molecular flexibility index (Phi) is 5.27. The normalized spacial score (nSPS) is 24.1. The third-order valence-corrected chi connectivity index (χ3v) is 5.30. The van der Waals surface area contributed by atoms with Crippen LogP contribution in [0, 0.1) is 5.92 Å². The standard InChI is InChI=1S/C15H21ClN2O2S/c1-4-9(3)13-15(20)18(11(5-2)14(19)17-13)8-10-6-7-12(16)21-10/h6-7,9,11,13H,4-5,8H2,1-3H3,(H,17,19). The smallest absolute Gasteiger partial charge is 0.246 e. The minimum Gasteiger partial charge on any atom is -0.342 e. The summed E-state index contributed by atoms with van der Waals surface area (Å²) in [6, 6.07) is 2.93. The third-order valence-electron chi connectivity index (χ3n) is 4.08. The van der Waals surface area contributed by atoms with Gasteiger partial charge in [-0.3, -0.25) is 9.59 Å². The van der Waals surface area contributed by atoms with Gasteiger partial charge in [0.05, 0.1) is 10.9 Å². The highest BCUT2D eigenvalue weighted by Gasteiger charge is 2.41. The molecule has 3 unspecified atom stereocenters. The number of piperazine rings is 1. The van der Waals surface area contributed by atoms with Crippen molar-refractivity contribution in [1.82, 2.24) is 10.2 Å². The Hall–Kier alpha value is -1.07. The lowest BCUT2D eigenvalue weighted by molar-refractivity contribution is -0.151. The van der Waals surface area contributed by atoms with Crippen molar-refractivity contribution in [2.24, 2.45) is 5.92 Å². The maximum atomic E-state index is 12.7. The minimum atomic E-state index is -0.416. The molecule has 0 aromatic carbocycles. The van der Waals surface area contributed by atoms with E-state index in [9.17, 15) is 9.59 Å². The molecule has 1 aromatic rings. The molecule has 2 amide bonds. The van der Waals surface area contributed by atoms with Crippen molar-refractivity contribution < 1.29 is 9.59 Å². The predicted molar refractivity (Wildman–Crippen MR) is 85.3 cm³/mol. The number of halogens is 1. The molecule has 116 valence electrons. The van der Waals surface area contributed by atoms with Crippen LogP contribution in [0.25, 0.3) is 0 Å². The molecule has 3 atom stereocenters. The average molecular weight is 329 g/mol. The molecule has 6 heteroatoms. The average Bonchev–Trinajstić information content (AvgIpc) is 2.87. The fourth-order valence-corrected chi connectivity index (χ4v) is 3.69. The van der Waals surface area contributed by atoms with E-state index in [1.807, 2.05) is 32.9 Å². The van der Waals surface area contributed by atoms with Crippen molar-refractivity contribution >= 4 is 34.8 Å². The Morgan fingerprint density at radius 1 is 1.38 bits per heavy atom. The molecule has 0 aliphatic carbocycles. The highest BCUT2D eigenvalue weighted by Crippen LogP contribution is 2.26. The number of nitrogens with one attached hydrogen (secondary N) is 1. The Morgan fingerprint density at radius 3 is 2.62 bits per heavy atom. The van der Waals surface area contributed by atoms with E-state index in [1.165, 1.54) is 11.3 Å². The number of carbonyl (C=O) groups is 2. The van der Waals surface area contributed by atoms with E-state index in [2.05, 4.69) is 5.32 Å². The molecule has 1 aliphatic rings. The summed E-state index contributed by atoms with van der Waals surface area (Å²) < 4.78 is 0.699. The van der Waals surface area contributed by atoms with E-state index < -0.39 is 12.1 Å². The summed E-state index contributed by atoms with van der Waals surface area (Å²) in [7, 11) is 0. The molecule has 2 rings (SSSR count). The summed E-state index contributed by atoms with van der Waals surface area (Å²) in [5.41, 5.74) is 0. The molecule has 1 N–H and O–H groups in total. The maximum Gasteiger partial charge on any atom is 0.246 e. The van der Waals surface area contributed by atoms with E-state index in [0.717, 1.165) is 11.3 Å². The lowest BCUT2D eigenvalue weighted by Crippen LogP contribution is -2.64. The van der Waals surface area contributed by atoms with Crippen LogP contribution in [-0.2, 0) is 16.1 Å². The van der Waals surface area contributed by atoms with Gasteiger partial charge >= 0.3 is 0 Å². The number of hydrogen-bond donors (Lipinski definition) is 1. The fourth-order valence-electron chi connectivity index (χ4n) is 2.60. The van der Waals surface area contributed by atoms with E-state index in [0.29, 0.717) is 17.3 Å². The zero-order valence-corrected chi connectivity index (χ0v) is 14.1. The van der Waals surface area contributed by atoms with Gasteiger partial charge in [-0.2, -0.15) is 0 Å². The zero-order chi connectivity index (χ0) is 15.6. The van der Waals surface area contributed by atoms with Crippen LogP contribution < -0.4 is 5.32 Å². The largest absolute Gasteiger partial charge is 0.342 e. The maximum absolute atomic E-state index is 12.7. The first kappa shape index (κ1) is 16.3. The van der Waals surface area contributed by atoms with Crippen LogP contribution in [0.1, 0.15) is 38.5 Å². The van der Waals surface area contributed by atoms with Crippen LogP contribution in [-0.4, -0.2) is 28.8 Å². The monoisotopic (exact) mass is 328 g/mol. The van der Waals surface area contributed by atoms with Crippen LogP contribution in [0.2, 0.25) is 4.34 Å². The van der Waals surface area contributed by atoms with Crippen molar-refractivity contribution in [1.29, 1.82) is 0 Å². The van der Waals surface area contributed by atoms with Crippen LogP contribution in [0.4, 0.5) is 0 Å². The molecular formula is C15H21ClN2O2S. The van der Waals surface area contributed by atoms with Gasteiger partial charge in [0, 0.05) is 4.88 Å². The Balaban J connectivity index is 2.24. The second-order valence-electron chi connectivity index (χ2n) is 5.47. The number of hydrogen-bond acceptors (Lipinski definition) is 3. The first-order valence-electron chi connectivity index (χ1n) is 7.33. The first-order valence-corrected chi connectivity index (χ1v) is 8.52. The third kappa shape index (κ3) is 3.40. The Morgan fingerprint density at radius 2 is 2.10 bits per heavy atom. The van der Waals surface area contributed by atoms with Crippen molar-refractivity contribution in [3.05, 3.63) is 21.3 Å². The topological polar surface area (TPSA) is 49.4 Å². The van der Waals surface area contributed by atoms with Gasteiger partial charge < -0.3 is 10.2 Å². The number of thiophene rings is 1. The van der Waals surface area contributed by atoms with Crippen molar-refractivity contribution in [3.8, 4) is 0 Å². The predicted octanol–water partition coefficient (Wildman–Crippen LogP) is 3.05. The zero-order valence-electron chi connectivity index (χ0n) is 12.6. The fraction of sp³-hybridized carbons (Fsp3) is 0.600. The molecule has 0 saturated carbocycles. The summed E-state index contributed by atoms with van der Waals surface area (Å²) in [6.45, 7) is 6.40. The van der Waals surface area contributed by atoms with Gasteiger partial charge in [0.1, 0.15) is 12.1 Å². The van der Waals surface area contributed by atoms with Crippen LogP contribution in [0.3, 0.4) is 0 Å². The SMILES string of the molecule is CCC(C)C1NC(=O)C(CC)N(Cc2ccc(Cl)s2)C1=O. The second kappa shape index (κ2) is 6.79. The van der Waals surface area contributed by atoms with Crippen LogP contribution in [0.15, 0.2) is 12.1 Å². The van der Waals surface area contributed by atoms with Gasteiger partial charge in [0.15, 0.2) is 0 Å². The van der Waals surface area contributed by atoms with Crippen LogP contribution >= 0.6 is 22.9 Å². The van der Waals surface area contributed by atoms with Crippen molar-refractivity contribution in [2.45, 2.75) is 52.2 Å². The van der Waals surface area contributed by atoms with Gasteiger partial charge in [-0.25, -0.2) is 0 Å². The van der Waals surface area contributed by atoms with E-state index >= 15 is 0 Å². The molecule has 21 heavy (non-hydrogen) atoms. The van der Waals surface area contributed by atoms with E-state index in [1.54, 1.807) is 4.90 Å². The molecule has 1 saturated heterocycles. The molecule has 0 spiro atoms. The Labute approximate surface area is 134 Å². The quantitative estimate of drug-likeness (QED) is 0.903. The first-order chi connectivity index (χ1) is 9.97. The number of nitrogens with zero attached hydrogens (tertiary/aromatic N) is 1. The molecule has 1 aliphatic heterocycles. The van der Waals surface area contributed by atoms with Crippen molar-refractivity contribution in [2.75, 3.05) is 0 Å². The summed E-state index contributed by atoms with van der Waals surface area (Å²) in [5, 5.41) is 2.89. The lowest BCUT2D eigenvalue weighted by atomic mass is 9.93. The van der Waals surface area contributed by atoms with Gasteiger partial charge in [0.2, 0.25) is 11.8 Å². The molecule has 2 heterocycles. The van der Waals surface area contributed by atoms with Gasteiger partial charge in [0.25, 0.3) is 0 Å². The molecular weight excluding hydrogens is 308 g/mol. The van der Waals surface area contributed by atoms with Crippen molar-refractivity contribution in [3.63, 3.8) is 0 Å². The summed E-state index contributed by atoms with van der Waals surface area (Å²) in [5.74, 6) is 0.0963. The van der Waals surface area contributed by atoms with Gasteiger partial charge in [-0.1, -0.05) is 38.8 Å². The van der Waals surface area contributed by atoms with E-state index in [4.69, 9.17) is 11.6 Å². The number of carbonyl (C=O) groups excluding carboxylic acids is 2. The molecule has 1 aromatic heterocycles. The van der Waals surface area contributed by atoms with E-state index in [-0.39, 0.29) is 17.7 Å². The highest BCUT2D eigenvalue weighted by atomic mass is 35.5. The van der Waals surface area contributed by atoms with Gasteiger partial charge in [-0.05, 0) is 24.5 Å². The Bertz CT molecular complexity index is 531. The lowest BCUT2D eigenvalue weighted by Gasteiger charge is -2.40.